The summed E-state index contributed by atoms with van der Waals surface area (Å²) in [5, 5.41) is 5.54. The van der Waals surface area contributed by atoms with Crippen molar-refractivity contribution < 1.29 is 23.3 Å². The van der Waals surface area contributed by atoms with Gasteiger partial charge in [-0.25, -0.2) is 0 Å². The number of fused-ring (bicyclic) bond motifs is 2. The molecule has 0 aromatic heterocycles. The normalized spacial score (nSPS) is 13.4. The van der Waals surface area contributed by atoms with Gasteiger partial charge in [-0.15, -0.1) is 93.9 Å². The van der Waals surface area contributed by atoms with Crippen molar-refractivity contribution in [1.82, 2.24) is 0 Å². The van der Waals surface area contributed by atoms with Crippen molar-refractivity contribution in [1.29, 1.82) is 0 Å². The molecule has 0 N–H and O–H groups in total. The summed E-state index contributed by atoms with van der Waals surface area (Å²) in [6.07, 6.45) is 9.35. The van der Waals surface area contributed by atoms with Crippen LogP contribution in [0.4, 0.5) is 0 Å². The van der Waals surface area contributed by atoms with E-state index in [1.54, 1.807) is 5.56 Å². The van der Waals surface area contributed by atoms with E-state index in [0.717, 1.165) is 5.92 Å². The maximum atomic E-state index is 3.06. The molecule has 6 aromatic carbocycles. The Balaban J connectivity index is 0.000000461. The molecule has 0 nitrogen and oxygen atoms in total. The SMILES string of the molecule is CCC(C)c1ccc(-c2cccc3[cH-]c(C)cc23)cc1.CCC(C)c1ccc(-c2cccc3[cH-]c(C4CCCCC4)cc23)cc1.Cl.Cl.[CH3-].[CH3-].[Si]=[Zr]. The van der Waals surface area contributed by atoms with Crippen LogP contribution in [0.1, 0.15) is 113 Å². The first-order chi connectivity index (χ1) is 22.9. The van der Waals surface area contributed by atoms with Gasteiger partial charge in [0, 0.05) is 0 Å². The molecule has 2 radical (unpaired) electrons. The van der Waals surface area contributed by atoms with Crippen LogP contribution in [0.5, 0.6) is 0 Å². The van der Waals surface area contributed by atoms with Crippen molar-refractivity contribution in [2.75, 3.05) is 0 Å². The van der Waals surface area contributed by atoms with Crippen molar-refractivity contribution in [2.24, 2.45) is 0 Å². The second-order valence-electron chi connectivity index (χ2n) is 13.6. The Hall–Kier alpha value is -2.22. The first-order valence-corrected chi connectivity index (χ1v) is 21.9. The molecule has 1 aliphatic rings. The predicted octanol–water partition coefficient (Wildman–Crippen LogP) is 15.2. The summed E-state index contributed by atoms with van der Waals surface area (Å²) in [5.41, 5.74) is 11.2. The summed E-state index contributed by atoms with van der Waals surface area (Å²) in [7, 11) is 0. The Kier molecular flexibility index (Phi) is 20.9. The Labute approximate surface area is 340 Å². The van der Waals surface area contributed by atoms with E-state index >= 15 is 0 Å². The number of hydrogen-bond donors (Lipinski definition) is 0. The van der Waals surface area contributed by atoms with E-state index in [0.29, 0.717) is 11.8 Å². The van der Waals surface area contributed by atoms with Gasteiger partial charge in [0.1, 0.15) is 0 Å². The van der Waals surface area contributed by atoms with Gasteiger partial charge >= 0.3 is 30.2 Å². The molecule has 7 rings (SSSR count). The van der Waals surface area contributed by atoms with E-state index in [4.69, 9.17) is 0 Å². The molecule has 0 aliphatic heterocycles. The van der Waals surface area contributed by atoms with Gasteiger partial charge in [0.05, 0.1) is 0 Å². The monoisotopic (exact) mass is 810 g/mol. The molecule has 2 atom stereocenters. The van der Waals surface area contributed by atoms with E-state index in [1.807, 2.05) is 0 Å². The molecule has 1 aliphatic carbocycles. The van der Waals surface area contributed by atoms with Crippen molar-refractivity contribution >= 4 is 53.2 Å². The summed E-state index contributed by atoms with van der Waals surface area (Å²) in [5.74, 6) is 2.06. The van der Waals surface area contributed by atoms with Crippen LogP contribution < -0.4 is 0 Å². The molecule has 6 aromatic rings. The number of hydrogen-bond acceptors (Lipinski definition) is 0. The molecule has 272 valence electrons. The summed E-state index contributed by atoms with van der Waals surface area (Å²) in [4.78, 5) is 0. The summed E-state index contributed by atoms with van der Waals surface area (Å²) < 4.78 is 0. The fraction of sp³-hybridized carbons (Fsp3) is 0.319. The maximum absolute atomic E-state index is 3.06. The molecule has 4 heteroatoms. The summed E-state index contributed by atoms with van der Waals surface area (Å²) in [6, 6.07) is 41.1. The Morgan fingerprint density at radius 1 is 0.627 bits per heavy atom. The summed E-state index contributed by atoms with van der Waals surface area (Å²) >= 11 is 1.36. The standard InChI is InChI=1S/C25H29.C20H21.2CH3.2ClH.Si.Zr/c1-3-18(2)19-12-14-21(15-13-19)24-11-7-10-22-16-23(17-25(22)24)20-8-5-4-6-9-20;1-4-15(3)16-8-10-17(11-9-16)19-7-5-6-18-12-14(2)13-20(18)19;;;;;;/h7,10-18,20H,3-6,8-9H2,1-2H3;5-13,15H,4H2,1-3H3;2*1H3;2*1H;;/q4*-1;;;;. The molecule has 0 amide bonds. The predicted molar refractivity (Wildman–Crippen MR) is 231 cm³/mol. The van der Waals surface area contributed by atoms with Crippen molar-refractivity contribution in [3.63, 3.8) is 0 Å². The van der Waals surface area contributed by atoms with Crippen LogP contribution in [0.15, 0.2) is 109 Å². The fourth-order valence-corrected chi connectivity index (χ4v) is 7.27. The zero-order valence-electron chi connectivity index (χ0n) is 31.9. The first-order valence-electron chi connectivity index (χ1n) is 17.8. The molecule has 1 fully saturated rings. The minimum absolute atomic E-state index is 0. The number of benzene rings is 4. The average molecular weight is 813 g/mol. The van der Waals surface area contributed by atoms with Crippen LogP contribution >= 0.6 is 24.8 Å². The third-order valence-electron chi connectivity index (χ3n) is 10.6. The molecule has 1 saturated carbocycles. The summed E-state index contributed by atoms with van der Waals surface area (Å²) in [6.45, 7) is 14.3. The molecule has 51 heavy (non-hydrogen) atoms. The van der Waals surface area contributed by atoms with E-state index < -0.39 is 0 Å². The fourth-order valence-electron chi connectivity index (χ4n) is 7.27. The number of rotatable bonds is 7. The van der Waals surface area contributed by atoms with Crippen molar-refractivity contribution in [3.8, 4) is 22.3 Å². The van der Waals surface area contributed by atoms with E-state index in [1.165, 1.54) is 129 Å². The van der Waals surface area contributed by atoms with Crippen LogP contribution in [0.25, 0.3) is 43.8 Å². The van der Waals surface area contributed by atoms with Gasteiger partial charge in [0.25, 0.3) is 0 Å². The van der Waals surface area contributed by atoms with Crippen molar-refractivity contribution in [2.45, 2.75) is 97.3 Å². The second kappa shape index (κ2) is 22.8. The van der Waals surface area contributed by atoms with E-state index in [2.05, 4.69) is 151 Å². The minimum atomic E-state index is 0. The Morgan fingerprint density at radius 2 is 1.06 bits per heavy atom. The van der Waals surface area contributed by atoms with Gasteiger partial charge in [-0.1, -0.05) is 126 Å². The van der Waals surface area contributed by atoms with E-state index in [9.17, 15) is 0 Å². The molecule has 0 heterocycles. The van der Waals surface area contributed by atoms with Crippen LogP contribution in [0.3, 0.4) is 0 Å². The first kappa shape index (κ1) is 46.8. The van der Waals surface area contributed by atoms with Gasteiger partial charge in [-0.05, 0) is 65.7 Å². The third kappa shape index (κ3) is 11.4. The average Bonchev–Trinajstić information content (AvgIpc) is 3.76. The number of aryl methyl sites for hydroxylation is 1. The van der Waals surface area contributed by atoms with Gasteiger partial charge in [-0.3, -0.25) is 0 Å². The van der Waals surface area contributed by atoms with Gasteiger partial charge < -0.3 is 14.9 Å². The Morgan fingerprint density at radius 3 is 1.51 bits per heavy atom. The third-order valence-corrected chi connectivity index (χ3v) is 10.6. The van der Waals surface area contributed by atoms with Crippen LogP contribution in [-0.2, 0) is 23.3 Å². The van der Waals surface area contributed by atoms with Crippen LogP contribution in [0, 0.1) is 21.8 Å². The molecule has 0 spiro atoms. The van der Waals surface area contributed by atoms with E-state index in [-0.39, 0.29) is 39.7 Å². The van der Waals surface area contributed by atoms with Crippen LogP contribution in [0.2, 0.25) is 0 Å². The molecule has 0 saturated heterocycles. The molecule has 2 unspecified atom stereocenters. The van der Waals surface area contributed by atoms with Crippen molar-refractivity contribution in [3.05, 3.63) is 146 Å². The zero-order chi connectivity index (χ0) is 33.3. The quantitative estimate of drug-likeness (QED) is 0.111. The zero-order valence-corrected chi connectivity index (χ0v) is 37.0. The molecular formula is C47H58Cl2SiZr-4. The second-order valence-corrected chi connectivity index (χ2v) is 13.6. The molecular weight excluding hydrogens is 755 g/mol. The van der Waals surface area contributed by atoms with Gasteiger partial charge in [0.2, 0.25) is 0 Å². The Bertz CT molecular complexity index is 1860. The van der Waals surface area contributed by atoms with Crippen LogP contribution in [-0.4, -0.2) is 6.88 Å². The molecule has 0 bridgehead atoms. The number of halogens is 2. The topological polar surface area (TPSA) is 0 Å². The van der Waals surface area contributed by atoms with Gasteiger partial charge in [0.15, 0.2) is 0 Å². The van der Waals surface area contributed by atoms with Gasteiger partial charge in [-0.2, -0.15) is 12.1 Å².